The zero-order valence-electron chi connectivity index (χ0n) is 10.9. The van der Waals surface area contributed by atoms with Gasteiger partial charge in [0.1, 0.15) is 0 Å². The number of nitriles is 1. The van der Waals surface area contributed by atoms with Gasteiger partial charge < -0.3 is 5.32 Å². The summed E-state index contributed by atoms with van der Waals surface area (Å²) in [5.74, 6) is 0.263. The van der Waals surface area contributed by atoms with Crippen molar-refractivity contribution >= 4 is 11.6 Å². The van der Waals surface area contributed by atoms with Crippen LogP contribution in [0.15, 0.2) is 24.3 Å². The molecular formula is C15H19ClN2. The van der Waals surface area contributed by atoms with E-state index < -0.39 is 0 Å². The predicted octanol–water partition coefficient (Wildman–Crippen LogP) is 3.73. The molecule has 1 N–H and O–H groups in total. The van der Waals surface area contributed by atoms with Crippen LogP contribution >= 0.6 is 11.6 Å². The molecule has 0 spiro atoms. The van der Waals surface area contributed by atoms with E-state index in [9.17, 15) is 5.26 Å². The van der Waals surface area contributed by atoms with Gasteiger partial charge in [-0.15, -0.1) is 0 Å². The zero-order valence-corrected chi connectivity index (χ0v) is 11.7. The second-order valence-electron chi connectivity index (χ2n) is 5.01. The minimum Gasteiger partial charge on any atom is -0.309 e. The summed E-state index contributed by atoms with van der Waals surface area (Å²) < 4.78 is 0. The SMILES string of the molecule is CCC1(CC)NCC(c2cccc(Cl)c2)C1C#N. The van der Waals surface area contributed by atoms with Crippen molar-refractivity contribution in [3.8, 4) is 6.07 Å². The molecule has 2 rings (SSSR count). The highest BCUT2D eigenvalue weighted by molar-refractivity contribution is 6.30. The predicted molar refractivity (Wildman–Crippen MR) is 74.6 cm³/mol. The monoisotopic (exact) mass is 262 g/mol. The van der Waals surface area contributed by atoms with E-state index in [1.54, 1.807) is 0 Å². The lowest BCUT2D eigenvalue weighted by atomic mass is 9.75. The van der Waals surface area contributed by atoms with Crippen molar-refractivity contribution in [3.05, 3.63) is 34.9 Å². The van der Waals surface area contributed by atoms with Gasteiger partial charge in [0, 0.05) is 23.0 Å². The maximum absolute atomic E-state index is 9.54. The summed E-state index contributed by atoms with van der Waals surface area (Å²) in [4.78, 5) is 0. The van der Waals surface area contributed by atoms with Crippen LogP contribution in [0.1, 0.15) is 38.2 Å². The molecule has 1 saturated heterocycles. The summed E-state index contributed by atoms with van der Waals surface area (Å²) in [6.45, 7) is 5.17. The molecule has 2 nitrogen and oxygen atoms in total. The Balaban J connectivity index is 2.34. The maximum atomic E-state index is 9.54. The molecule has 0 aromatic heterocycles. The van der Waals surface area contributed by atoms with Crippen LogP contribution in [-0.4, -0.2) is 12.1 Å². The van der Waals surface area contributed by atoms with Crippen molar-refractivity contribution in [1.82, 2.24) is 5.32 Å². The van der Waals surface area contributed by atoms with Gasteiger partial charge in [0.15, 0.2) is 0 Å². The Kier molecular flexibility index (Phi) is 3.94. The van der Waals surface area contributed by atoms with E-state index in [1.165, 1.54) is 5.56 Å². The summed E-state index contributed by atoms with van der Waals surface area (Å²) in [6, 6.07) is 10.4. The Labute approximate surface area is 114 Å². The zero-order chi connectivity index (χ0) is 13.2. The van der Waals surface area contributed by atoms with Gasteiger partial charge in [-0.2, -0.15) is 5.26 Å². The average Bonchev–Trinajstić information content (AvgIpc) is 2.77. The molecule has 2 unspecified atom stereocenters. The Hall–Kier alpha value is -1.04. The maximum Gasteiger partial charge on any atom is 0.0725 e. The fraction of sp³-hybridized carbons (Fsp3) is 0.533. The summed E-state index contributed by atoms with van der Waals surface area (Å²) in [5.41, 5.74) is 1.13. The number of hydrogen-bond donors (Lipinski definition) is 1. The van der Waals surface area contributed by atoms with E-state index >= 15 is 0 Å². The van der Waals surface area contributed by atoms with Crippen LogP contribution in [0.25, 0.3) is 0 Å². The highest BCUT2D eigenvalue weighted by Gasteiger charge is 2.46. The second kappa shape index (κ2) is 5.30. The quantitative estimate of drug-likeness (QED) is 0.901. The topological polar surface area (TPSA) is 35.8 Å². The van der Waals surface area contributed by atoms with Gasteiger partial charge in [-0.25, -0.2) is 0 Å². The minimum absolute atomic E-state index is 0.0194. The molecule has 96 valence electrons. The van der Waals surface area contributed by atoms with Crippen LogP contribution in [0, 0.1) is 17.2 Å². The lowest BCUT2D eigenvalue weighted by Gasteiger charge is -2.31. The van der Waals surface area contributed by atoms with E-state index in [1.807, 2.05) is 18.2 Å². The molecule has 1 aliphatic heterocycles. The summed E-state index contributed by atoms with van der Waals surface area (Å²) in [6.07, 6.45) is 1.97. The van der Waals surface area contributed by atoms with Crippen LogP contribution in [0.5, 0.6) is 0 Å². The molecule has 1 aromatic carbocycles. The first-order valence-electron chi connectivity index (χ1n) is 6.57. The van der Waals surface area contributed by atoms with Gasteiger partial charge in [0.2, 0.25) is 0 Å². The molecule has 1 fully saturated rings. The number of rotatable bonds is 3. The molecule has 0 saturated carbocycles. The van der Waals surface area contributed by atoms with Gasteiger partial charge in [-0.05, 0) is 30.5 Å². The Morgan fingerprint density at radius 1 is 1.44 bits per heavy atom. The molecule has 18 heavy (non-hydrogen) atoms. The van der Waals surface area contributed by atoms with Crippen LogP contribution < -0.4 is 5.32 Å². The van der Waals surface area contributed by atoms with E-state index in [2.05, 4.69) is 31.3 Å². The smallest absolute Gasteiger partial charge is 0.0725 e. The van der Waals surface area contributed by atoms with Crippen molar-refractivity contribution in [2.24, 2.45) is 5.92 Å². The molecule has 3 heteroatoms. The second-order valence-corrected chi connectivity index (χ2v) is 5.45. The third-order valence-corrected chi connectivity index (χ3v) is 4.58. The van der Waals surface area contributed by atoms with Gasteiger partial charge in [-0.1, -0.05) is 37.6 Å². The fourth-order valence-corrected chi connectivity index (χ4v) is 3.33. The van der Waals surface area contributed by atoms with Gasteiger partial charge >= 0.3 is 0 Å². The summed E-state index contributed by atoms with van der Waals surface area (Å²) in [7, 11) is 0. The molecule has 0 amide bonds. The molecule has 0 bridgehead atoms. The van der Waals surface area contributed by atoms with Crippen LogP contribution in [0.3, 0.4) is 0 Å². The number of benzene rings is 1. The van der Waals surface area contributed by atoms with Crippen molar-refractivity contribution in [1.29, 1.82) is 5.26 Å². The molecule has 0 aliphatic carbocycles. The van der Waals surface area contributed by atoms with E-state index in [0.717, 1.165) is 24.4 Å². The number of halogens is 1. The van der Waals surface area contributed by atoms with E-state index in [-0.39, 0.29) is 17.4 Å². The van der Waals surface area contributed by atoms with Crippen molar-refractivity contribution in [2.75, 3.05) is 6.54 Å². The first kappa shape index (κ1) is 13.4. The molecule has 1 heterocycles. The standard InChI is InChI=1S/C15H19ClN2/c1-3-15(4-2)14(9-17)13(10-18-15)11-6-5-7-12(16)8-11/h5-8,13-14,18H,3-4,10H2,1-2H3. The molecule has 1 aliphatic rings. The van der Waals surface area contributed by atoms with Gasteiger partial charge in [0.05, 0.1) is 12.0 Å². The van der Waals surface area contributed by atoms with Crippen LogP contribution in [-0.2, 0) is 0 Å². The molecule has 2 atom stereocenters. The molecule has 0 radical (unpaired) electrons. The highest BCUT2D eigenvalue weighted by Crippen LogP contribution is 2.41. The largest absolute Gasteiger partial charge is 0.309 e. The Bertz CT molecular complexity index is 460. The Morgan fingerprint density at radius 2 is 2.17 bits per heavy atom. The average molecular weight is 263 g/mol. The first-order chi connectivity index (χ1) is 8.66. The van der Waals surface area contributed by atoms with Crippen molar-refractivity contribution in [2.45, 2.75) is 38.1 Å². The molecule has 1 aromatic rings. The van der Waals surface area contributed by atoms with Gasteiger partial charge in [-0.3, -0.25) is 0 Å². The third-order valence-electron chi connectivity index (χ3n) is 4.35. The van der Waals surface area contributed by atoms with Crippen LogP contribution in [0.2, 0.25) is 5.02 Å². The minimum atomic E-state index is -0.0399. The lowest BCUT2D eigenvalue weighted by molar-refractivity contribution is 0.293. The van der Waals surface area contributed by atoms with Crippen molar-refractivity contribution in [3.63, 3.8) is 0 Å². The fourth-order valence-electron chi connectivity index (χ4n) is 3.13. The normalized spacial score (nSPS) is 25.9. The summed E-state index contributed by atoms with van der Waals surface area (Å²) >= 11 is 6.05. The molecular weight excluding hydrogens is 244 g/mol. The highest BCUT2D eigenvalue weighted by atomic mass is 35.5. The summed E-state index contributed by atoms with van der Waals surface area (Å²) in [5, 5.41) is 13.9. The first-order valence-corrected chi connectivity index (χ1v) is 6.94. The number of hydrogen-bond acceptors (Lipinski definition) is 2. The number of nitrogens with zero attached hydrogens (tertiary/aromatic N) is 1. The van der Waals surface area contributed by atoms with E-state index in [0.29, 0.717) is 0 Å². The van der Waals surface area contributed by atoms with Gasteiger partial charge in [0.25, 0.3) is 0 Å². The van der Waals surface area contributed by atoms with Crippen molar-refractivity contribution < 1.29 is 0 Å². The lowest BCUT2D eigenvalue weighted by Crippen LogP contribution is -2.43. The Morgan fingerprint density at radius 3 is 2.72 bits per heavy atom. The number of nitrogens with one attached hydrogen (secondary N) is 1. The third kappa shape index (κ3) is 2.13. The van der Waals surface area contributed by atoms with Crippen LogP contribution in [0.4, 0.5) is 0 Å². The van der Waals surface area contributed by atoms with E-state index in [4.69, 9.17) is 11.6 Å².